The van der Waals surface area contributed by atoms with Gasteiger partial charge in [0.05, 0.1) is 0 Å². The van der Waals surface area contributed by atoms with Gasteiger partial charge in [0.25, 0.3) is 0 Å². The predicted molar refractivity (Wildman–Crippen MR) is 70.2 cm³/mol. The fourth-order valence-electron chi connectivity index (χ4n) is 1.86. The number of rotatable bonds is 3. The minimum Gasteiger partial charge on any atom is -0.317 e. The van der Waals surface area contributed by atoms with Crippen molar-refractivity contribution < 1.29 is 4.39 Å². The Hall–Kier alpha value is -2.23. The summed E-state index contributed by atoms with van der Waals surface area (Å²) < 4.78 is 15.2. The molecule has 0 N–H and O–H groups in total. The zero-order valence-corrected chi connectivity index (χ0v) is 10.4. The lowest BCUT2D eigenvalue weighted by molar-refractivity contribution is 0.628. The summed E-state index contributed by atoms with van der Waals surface area (Å²) in [6.45, 7) is 5.69. The van der Waals surface area contributed by atoms with Gasteiger partial charge in [-0.25, -0.2) is 4.39 Å². The maximum Gasteiger partial charge on any atom is 0.164 e. The molecule has 0 amide bonds. The summed E-state index contributed by atoms with van der Waals surface area (Å²) >= 11 is 0. The zero-order chi connectivity index (χ0) is 13.1. The number of benzene rings is 1. The molecule has 0 bridgehead atoms. The molecule has 2 rings (SSSR count). The van der Waals surface area contributed by atoms with Crippen LogP contribution in [0.2, 0.25) is 0 Å². The first-order chi connectivity index (χ1) is 8.67. The number of halogens is 1. The van der Waals surface area contributed by atoms with Crippen LogP contribution in [0, 0.1) is 5.82 Å². The lowest BCUT2D eigenvalue weighted by Gasteiger charge is -2.09. The highest BCUT2D eigenvalue weighted by Crippen LogP contribution is 2.28. The SMILES string of the molecule is C=C/C(=C\C)c1ccc(F)cc1-c1nncn1C. The molecule has 0 saturated heterocycles. The molecular formula is C14H14FN3. The fourth-order valence-corrected chi connectivity index (χ4v) is 1.86. The molecule has 3 nitrogen and oxygen atoms in total. The molecule has 1 aromatic carbocycles. The summed E-state index contributed by atoms with van der Waals surface area (Å²) in [5, 5.41) is 7.85. The van der Waals surface area contributed by atoms with Crippen LogP contribution in [0.25, 0.3) is 17.0 Å². The van der Waals surface area contributed by atoms with E-state index in [9.17, 15) is 4.39 Å². The second kappa shape index (κ2) is 4.96. The molecule has 0 fully saturated rings. The molecule has 1 aromatic heterocycles. The summed E-state index contributed by atoms with van der Waals surface area (Å²) in [5.74, 6) is 0.335. The highest BCUT2D eigenvalue weighted by atomic mass is 19.1. The van der Waals surface area contributed by atoms with Crippen molar-refractivity contribution in [3.8, 4) is 11.4 Å². The van der Waals surface area contributed by atoms with Crippen LogP contribution in [0.15, 0.2) is 43.3 Å². The van der Waals surface area contributed by atoms with Gasteiger partial charge >= 0.3 is 0 Å². The molecule has 1 heterocycles. The molecule has 0 aliphatic carbocycles. The van der Waals surface area contributed by atoms with Gasteiger partial charge in [0, 0.05) is 12.6 Å². The predicted octanol–water partition coefficient (Wildman–Crippen LogP) is 3.21. The number of hydrogen-bond acceptors (Lipinski definition) is 2. The number of allylic oxidation sites excluding steroid dienone is 3. The molecular weight excluding hydrogens is 229 g/mol. The number of aromatic nitrogens is 3. The van der Waals surface area contributed by atoms with Crippen LogP contribution in [-0.4, -0.2) is 14.8 Å². The van der Waals surface area contributed by atoms with E-state index >= 15 is 0 Å². The normalized spacial score (nSPS) is 11.6. The average Bonchev–Trinajstić information content (AvgIpc) is 2.78. The molecule has 0 atom stereocenters. The van der Waals surface area contributed by atoms with Crippen LogP contribution < -0.4 is 0 Å². The first kappa shape index (κ1) is 12.2. The third-order valence-electron chi connectivity index (χ3n) is 2.78. The zero-order valence-electron chi connectivity index (χ0n) is 10.4. The lowest BCUT2D eigenvalue weighted by Crippen LogP contribution is -1.96. The van der Waals surface area contributed by atoms with Crippen molar-refractivity contribution in [3.63, 3.8) is 0 Å². The van der Waals surface area contributed by atoms with E-state index in [-0.39, 0.29) is 5.82 Å². The number of hydrogen-bond donors (Lipinski definition) is 0. The van der Waals surface area contributed by atoms with E-state index in [0.29, 0.717) is 11.4 Å². The third-order valence-corrected chi connectivity index (χ3v) is 2.78. The van der Waals surface area contributed by atoms with Crippen molar-refractivity contribution in [1.82, 2.24) is 14.8 Å². The van der Waals surface area contributed by atoms with Crippen molar-refractivity contribution in [2.24, 2.45) is 7.05 Å². The molecule has 2 aromatic rings. The van der Waals surface area contributed by atoms with E-state index in [1.54, 1.807) is 23.0 Å². The Kier molecular flexibility index (Phi) is 3.37. The van der Waals surface area contributed by atoms with Gasteiger partial charge in [-0.2, -0.15) is 0 Å². The van der Waals surface area contributed by atoms with Gasteiger partial charge in [-0.1, -0.05) is 24.8 Å². The molecule has 0 aliphatic rings. The van der Waals surface area contributed by atoms with Crippen LogP contribution >= 0.6 is 0 Å². The van der Waals surface area contributed by atoms with E-state index in [2.05, 4.69) is 16.8 Å². The van der Waals surface area contributed by atoms with Crippen molar-refractivity contribution in [3.05, 3.63) is 54.6 Å². The smallest absolute Gasteiger partial charge is 0.164 e. The molecule has 0 aliphatic heterocycles. The van der Waals surface area contributed by atoms with Crippen molar-refractivity contribution in [2.45, 2.75) is 6.92 Å². The third kappa shape index (κ3) is 2.09. The van der Waals surface area contributed by atoms with Gasteiger partial charge in [-0.05, 0) is 30.2 Å². The maximum absolute atomic E-state index is 13.4. The Labute approximate surface area is 105 Å². The van der Waals surface area contributed by atoms with Crippen LogP contribution in [-0.2, 0) is 7.05 Å². The highest BCUT2D eigenvalue weighted by Gasteiger charge is 2.12. The number of nitrogens with zero attached hydrogens (tertiary/aromatic N) is 3. The van der Waals surface area contributed by atoms with Crippen molar-refractivity contribution >= 4 is 5.57 Å². The van der Waals surface area contributed by atoms with Crippen molar-refractivity contribution in [1.29, 1.82) is 0 Å². The van der Waals surface area contributed by atoms with E-state index in [1.807, 2.05) is 20.0 Å². The van der Waals surface area contributed by atoms with Gasteiger partial charge in [0.1, 0.15) is 12.1 Å². The number of aryl methyl sites for hydroxylation is 1. The molecule has 92 valence electrons. The largest absolute Gasteiger partial charge is 0.317 e. The van der Waals surface area contributed by atoms with E-state index in [4.69, 9.17) is 0 Å². The monoisotopic (exact) mass is 243 g/mol. The lowest BCUT2D eigenvalue weighted by atomic mass is 9.98. The first-order valence-corrected chi connectivity index (χ1v) is 5.60. The van der Waals surface area contributed by atoms with Gasteiger partial charge in [0.2, 0.25) is 0 Å². The quantitative estimate of drug-likeness (QED) is 0.775. The second-order valence-electron chi connectivity index (χ2n) is 3.90. The molecule has 0 radical (unpaired) electrons. The van der Waals surface area contributed by atoms with Crippen LogP contribution in [0.5, 0.6) is 0 Å². The molecule has 0 saturated carbocycles. The molecule has 0 unspecified atom stereocenters. The Morgan fingerprint density at radius 2 is 2.22 bits per heavy atom. The van der Waals surface area contributed by atoms with Crippen LogP contribution in [0.1, 0.15) is 12.5 Å². The van der Waals surface area contributed by atoms with Gasteiger partial charge < -0.3 is 4.57 Å². The van der Waals surface area contributed by atoms with Crippen LogP contribution in [0.3, 0.4) is 0 Å². The summed E-state index contributed by atoms with van der Waals surface area (Å²) in [6.07, 6.45) is 5.26. The highest BCUT2D eigenvalue weighted by molar-refractivity contribution is 5.83. The Morgan fingerprint density at radius 3 is 2.78 bits per heavy atom. The Balaban J connectivity index is 2.69. The topological polar surface area (TPSA) is 30.7 Å². The van der Waals surface area contributed by atoms with E-state index in [1.165, 1.54) is 12.1 Å². The summed E-state index contributed by atoms with van der Waals surface area (Å²) in [7, 11) is 1.83. The molecule has 0 spiro atoms. The minimum atomic E-state index is -0.295. The Morgan fingerprint density at radius 1 is 1.44 bits per heavy atom. The summed E-state index contributed by atoms with van der Waals surface area (Å²) in [5.41, 5.74) is 2.54. The van der Waals surface area contributed by atoms with Crippen molar-refractivity contribution in [2.75, 3.05) is 0 Å². The van der Waals surface area contributed by atoms with Gasteiger partial charge in [-0.15, -0.1) is 10.2 Å². The van der Waals surface area contributed by atoms with E-state index < -0.39 is 0 Å². The van der Waals surface area contributed by atoms with Gasteiger partial charge in [0.15, 0.2) is 5.82 Å². The first-order valence-electron chi connectivity index (χ1n) is 5.60. The minimum absolute atomic E-state index is 0.295. The molecule has 18 heavy (non-hydrogen) atoms. The van der Waals surface area contributed by atoms with Gasteiger partial charge in [-0.3, -0.25) is 0 Å². The fraction of sp³-hybridized carbons (Fsp3) is 0.143. The maximum atomic E-state index is 13.4. The average molecular weight is 243 g/mol. The second-order valence-corrected chi connectivity index (χ2v) is 3.90. The summed E-state index contributed by atoms with van der Waals surface area (Å²) in [6, 6.07) is 4.63. The Bertz CT molecular complexity index is 611. The van der Waals surface area contributed by atoms with Crippen LogP contribution in [0.4, 0.5) is 4.39 Å². The molecule has 4 heteroatoms. The summed E-state index contributed by atoms with van der Waals surface area (Å²) in [4.78, 5) is 0. The standard InChI is InChI=1S/C14H14FN3/c1-4-10(5-2)12-7-6-11(15)8-13(12)14-17-16-9-18(14)3/h4-9H,1H2,2-3H3/b10-5+. The van der Waals surface area contributed by atoms with E-state index in [0.717, 1.165) is 11.1 Å².